The molecule has 2 aromatic rings. The highest BCUT2D eigenvalue weighted by Gasteiger charge is 2.28. The highest BCUT2D eigenvalue weighted by atomic mass is 16.5. The molecule has 0 aliphatic heterocycles. The summed E-state index contributed by atoms with van der Waals surface area (Å²) in [4.78, 5) is 8.80. The van der Waals surface area contributed by atoms with Gasteiger partial charge in [0.15, 0.2) is 5.82 Å². The van der Waals surface area contributed by atoms with Crippen molar-refractivity contribution in [2.75, 3.05) is 13.2 Å². The molecule has 0 saturated carbocycles. The molecule has 2 N–H and O–H groups in total. The van der Waals surface area contributed by atoms with Crippen molar-refractivity contribution >= 4 is 0 Å². The Hall–Kier alpha value is -1.79. The number of nitrogens with two attached hydrogens (primary N) is 1. The fourth-order valence-electron chi connectivity index (χ4n) is 1.97. The van der Waals surface area contributed by atoms with Crippen molar-refractivity contribution in [2.45, 2.75) is 39.7 Å². The first kappa shape index (κ1) is 15.6. The summed E-state index contributed by atoms with van der Waals surface area (Å²) in [6.45, 7) is 8.75. The minimum Gasteiger partial charge on any atom is -0.379 e. The fraction of sp³-hybridized carbons (Fsp3) is 0.533. The van der Waals surface area contributed by atoms with Gasteiger partial charge in [-0.3, -0.25) is 4.98 Å². The zero-order valence-electron chi connectivity index (χ0n) is 13.0. The van der Waals surface area contributed by atoms with E-state index in [2.05, 4.69) is 15.1 Å². The summed E-state index contributed by atoms with van der Waals surface area (Å²) < 4.78 is 10.8. The van der Waals surface area contributed by atoms with Crippen LogP contribution in [0.1, 0.15) is 37.5 Å². The molecule has 0 aromatic carbocycles. The molecule has 0 fully saturated rings. The van der Waals surface area contributed by atoms with Crippen molar-refractivity contribution in [3.63, 3.8) is 0 Å². The zero-order valence-corrected chi connectivity index (χ0v) is 13.0. The van der Waals surface area contributed by atoms with E-state index >= 15 is 0 Å². The smallest absolute Gasteiger partial charge is 0.259 e. The molecule has 1 unspecified atom stereocenters. The zero-order chi connectivity index (χ0) is 15.5. The molecular formula is C15H22N4O2. The van der Waals surface area contributed by atoms with Gasteiger partial charge in [0.2, 0.25) is 0 Å². The Morgan fingerprint density at radius 2 is 2.05 bits per heavy atom. The summed E-state index contributed by atoms with van der Waals surface area (Å²) in [7, 11) is 0. The number of nitrogens with zero attached hydrogens (tertiary/aromatic N) is 3. The van der Waals surface area contributed by atoms with Gasteiger partial charge in [0.1, 0.15) is 5.54 Å². The highest BCUT2D eigenvalue weighted by molar-refractivity contribution is 5.56. The van der Waals surface area contributed by atoms with Crippen LogP contribution in [-0.4, -0.2) is 28.3 Å². The van der Waals surface area contributed by atoms with Crippen LogP contribution in [0, 0.1) is 13.8 Å². The molecule has 0 radical (unpaired) electrons. The largest absolute Gasteiger partial charge is 0.379 e. The number of rotatable bonds is 6. The van der Waals surface area contributed by atoms with Gasteiger partial charge < -0.3 is 15.0 Å². The maximum absolute atomic E-state index is 6.21. The summed E-state index contributed by atoms with van der Waals surface area (Å²) in [6.07, 6.45) is 0.946. The molecule has 1 atom stereocenters. The second-order valence-electron chi connectivity index (χ2n) is 5.48. The van der Waals surface area contributed by atoms with E-state index in [1.54, 1.807) is 0 Å². The number of aromatic nitrogens is 3. The standard InChI is InChI=1S/C15H22N4O2/c1-5-8-20-9-15(4,16)14-18-13(21-19-14)12-7-6-10(2)17-11(12)3/h6-7H,5,8-9,16H2,1-4H3. The van der Waals surface area contributed by atoms with Crippen LogP contribution in [0.25, 0.3) is 11.5 Å². The quantitative estimate of drug-likeness (QED) is 0.822. The maximum atomic E-state index is 6.21. The van der Waals surface area contributed by atoms with Gasteiger partial charge in [-0.15, -0.1) is 0 Å². The van der Waals surface area contributed by atoms with Crippen LogP contribution >= 0.6 is 0 Å². The lowest BCUT2D eigenvalue weighted by atomic mass is 10.1. The molecule has 21 heavy (non-hydrogen) atoms. The van der Waals surface area contributed by atoms with Crippen LogP contribution in [0.2, 0.25) is 0 Å². The molecule has 0 aliphatic carbocycles. The molecule has 114 valence electrons. The summed E-state index contributed by atoms with van der Waals surface area (Å²) in [5.41, 5.74) is 8.06. The number of hydrogen-bond acceptors (Lipinski definition) is 6. The SMILES string of the molecule is CCCOCC(C)(N)c1noc(-c2ccc(C)nc2C)n1. The van der Waals surface area contributed by atoms with Crippen molar-refractivity contribution in [1.82, 2.24) is 15.1 Å². The van der Waals surface area contributed by atoms with Crippen LogP contribution in [0.15, 0.2) is 16.7 Å². The molecule has 6 nitrogen and oxygen atoms in total. The first-order chi connectivity index (χ1) is 9.94. The van der Waals surface area contributed by atoms with Crippen molar-refractivity contribution in [3.8, 4) is 11.5 Å². The molecule has 0 spiro atoms. The first-order valence-electron chi connectivity index (χ1n) is 7.09. The average molecular weight is 290 g/mol. The highest BCUT2D eigenvalue weighted by Crippen LogP contribution is 2.23. The molecule has 0 saturated heterocycles. The summed E-state index contributed by atoms with van der Waals surface area (Å²) in [5.74, 6) is 0.871. The van der Waals surface area contributed by atoms with E-state index in [9.17, 15) is 0 Å². The molecule has 0 aliphatic rings. The number of hydrogen-bond donors (Lipinski definition) is 1. The topological polar surface area (TPSA) is 87.1 Å². The third-order valence-corrected chi connectivity index (χ3v) is 3.14. The van der Waals surface area contributed by atoms with Gasteiger partial charge in [-0.2, -0.15) is 4.98 Å². The number of aryl methyl sites for hydroxylation is 2. The predicted octanol–water partition coefficient (Wildman–Crippen LogP) is 2.35. The summed E-state index contributed by atoms with van der Waals surface area (Å²) in [5, 5.41) is 3.99. The third-order valence-electron chi connectivity index (χ3n) is 3.14. The van der Waals surface area contributed by atoms with Gasteiger partial charge in [0.25, 0.3) is 5.89 Å². The monoisotopic (exact) mass is 290 g/mol. The van der Waals surface area contributed by atoms with Crippen LogP contribution in [0.3, 0.4) is 0 Å². The molecule has 0 amide bonds. The second-order valence-corrected chi connectivity index (χ2v) is 5.48. The first-order valence-corrected chi connectivity index (χ1v) is 7.09. The van der Waals surface area contributed by atoms with E-state index < -0.39 is 5.54 Å². The third kappa shape index (κ3) is 3.65. The van der Waals surface area contributed by atoms with Crippen LogP contribution in [0.4, 0.5) is 0 Å². The Kier molecular flexibility index (Phi) is 4.69. The normalized spacial score (nSPS) is 14.1. The maximum Gasteiger partial charge on any atom is 0.259 e. The Bertz CT molecular complexity index is 607. The fourth-order valence-corrected chi connectivity index (χ4v) is 1.97. The lowest BCUT2D eigenvalue weighted by Gasteiger charge is -2.19. The number of ether oxygens (including phenoxy) is 1. The second kappa shape index (κ2) is 6.32. The van der Waals surface area contributed by atoms with Crippen molar-refractivity contribution in [2.24, 2.45) is 5.73 Å². The minimum absolute atomic E-state index is 0.352. The van der Waals surface area contributed by atoms with Gasteiger partial charge in [0, 0.05) is 12.3 Å². The van der Waals surface area contributed by atoms with E-state index in [1.165, 1.54) is 0 Å². The van der Waals surface area contributed by atoms with E-state index in [0.717, 1.165) is 23.4 Å². The lowest BCUT2D eigenvalue weighted by molar-refractivity contribution is 0.0867. The van der Waals surface area contributed by atoms with E-state index in [0.29, 0.717) is 24.9 Å². The predicted molar refractivity (Wildman–Crippen MR) is 79.7 cm³/mol. The van der Waals surface area contributed by atoms with Crippen LogP contribution in [0.5, 0.6) is 0 Å². The molecule has 0 bridgehead atoms. The average Bonchev–Trinajstić information content (AvgIpc) is 2.89. The van der Waals surface area contributed by atoms with Gasteiger partial charge >= 0.3 is 0 Å². The molecule has 6 heteroatoms. The van der Waals surface area contributed by atoms with Crippen LogP contribution in [-0.2, 0) is 10.3 Å². The van der Waals surface area contributed by atoms with Crippen molar-refractivity contribution < 1.29 is 9.26 Å². The number of pyridine rings is 1. The lowest BCUT2D eigenvalue weighted by Crippen LogP contribution is -2.39. The molecule has 2 aromatic heterocycles. The van der Waals surface area contributed by atoms with E-state index in [4.69, 9.17) is 15.0 Å². The van der Waals surface area contributed by atoms with Crippen molar-refractivity contribution in [1.29, 1.82) is 0 Å². The Labute approximate surface area is 124 Å². The molecule has 2 rings (SSSR count). The van der Waals surface area contributed by atoms with Gasteiger partial charge in [-0.1, -0.05) is 12.1 Å². The summed E-state index contributed by atoms with van der Waals surface area (Å²) in [6, 6.07) is 3.84. The molecule has 2 heterocycles. The Morgan fingerprint density at radius 3 is 2.71 bits per heavy atom. The van der Waals surface area contributed by atoms with Gasteiger partial charge in [-0.05, 0) is 39.3 Å². The van der Waals surface area contributed by atoms with Gasteiger partial charge in [-0.25, -0.2) is 0 Å². The Balaban J connectivity index is 2.21. The van der Waals surface area contributed by atoms with Crippen molar-refractivity contribution in [3.05, 3.63) is 29.3 Å². The van der Waals surface area contributed by atoms with E-state index in [-0.39, 0.29) is 0 Å². The molecular weight excluding hydrogens is 268 g/mol. The van der Waals surface area contributed by atoms with E-state index in [1.807, 2.05) is 39.8 Å². The minimum atomic E-state index is -0.775. The van der Waals surface area contributed by atoms with Gasteiger partial charge in [0.05, 0.1) is 17.9 Å². The Morgan fingerprint density at radius 1 is 1.29 bits per heavy atom. The van der Waals surface area contributed by atoms with Crippen LogP contribution < -0.4 is 5.73 Å². The summed E-state index contributed by atoms with van der Waals surface area (Å²) >= 11 is 0.